The van der Waals surface area contributed by atoms with Crippen LogP contribution in [0.2, 0.25) is 0 Å². The predicted octanol–water partition coefficient (Wildman–Crippen LogP) is 2.85. The van der Waals surface area contributed by atoms with E-state index in [1.54, 1.807) is 24.3 Å². The molecule has 0 aromatic heterocycles. The first kappa shape index (κ1) is 11.5. The van der Waals surface area contributed by atoms with E-state index in [2.05, 4.69) is 0 Å². The number of rotatable bonds is 2. The fourth-order valence-electron chi connectivity index (χ4n) is 2.15. The van der Waals surface area contributed by atoms with Crippen molar-refractivity contribution in [2.24, 2.45) is 0 Å². The monoisotopic (exact) mass is 254 g/mol. The van der Waals surface area contributed by atoms with Crippen molar-refractivity contribution in [1.82, 2.24) is 0 Å². The molecule has 0 saturated heterocycles. The summed E-state index contributed by atoms with van der Waals surface area (Å²) in [7, 11) is 0. The third-order valence-electron chi connectivity index (χ3n) is 3.11. The van der Waals surface area contributed by atoms with Gasteiger partial charge in [0, 0.05) is 12.4 Å². The standard InChI is InChI=1S/C15H14N2O2/c18-14-7-3-1-5-12(14)16-9-10-17(11-16)13-6-2-4-8-15(13)19/h1-10,18-19H,11H2. The molecule has 0 unspecified atom stereocenters. The summed E-state index contributed by atoms with van der Waals surface area (Å²) in [5.41, 5.74) is 1.49. The molecule has 3 rings (SSSR count). The van der Waals surface area contributed by atoms with Gasteiger partial charge in [-0.05, 0) is 24.3 Å². The van der Waals surface area contributed by atoms with Gasteiger partial charge in [-0.3, -0.25) is 0 Å². The van der Waals surface area contributed by atoms with Crippen molar-refractivity contribution < 1.29 is 10.2 Å². The third-order valence-corrected chi connectivity index (χ3v) is 3.11. The molecule has 96 valence electrons. The topological polar surface area (TPSA) is 46.9 Å². The molecule has 4 heteroatoms. The number of anilines is 2. The van der Waals surface area contributed by atoms with Gasteiger partial charge in [0.2, 0.25) is 0 Å². The minimum absolute atomic E-state index is 0.242. The van der Waals surface area contributed by atoms with E-state index >= 15 is 0 Å². The van der Waals surface area contributed by atoms with Crippen LogP contribution in [0.5, 0.6) is 11.5 Å². The lowest BCUT2D eigenvalue weighted by Crippen LogP contribution is -2.24. The van der Waals surface area contributed by atoms with E-state index in [-0.39, 0.29) is 11.5 Å². The summed E-state index contributed by atoms with van der Waals surface area (Å²) in [6.07, 6.45) is 3.75. The van der Waals surface area contributed by atoms with Gasteiger partial charge < -0.3 is 20.0 Å². The zero-order valence-electron chi connectivity index (χ0n) is 10.3. The van der Waals surface area contributed by atoms with Crippen LogP contribution in [-0.4, -0.2) is 16.9 Å². The molecule has 1 heterocycles. The summed E-state index contributed by atoms with van der Waals surface area (Å²) in [6.45, 7) is 0.551. The molecule has 2 N–H and O–H groups in total. The van der Waals surface area contributed by atoms with Gasteiger partial charge in [0.15, 0.2) is 0 Å². The second-order valence-corrected chi connectivity index (χ2v) is 4.36. The molecule has 19 heavy (non-hydrogen) atoms. The van der Waals surface area contributed by atoms with Crippen LogP contribution in [0.3, 0.4) is 0 Å². The molecule has 1 aliphatic rings. The third kappa shape index (κ3) is 2.08. The molecule has 0 fully saturated rings. The second-order valence-electron chi connectivity index (χ2n) is 4.36. The molecule has 1 aliphatic heterocycles. The van der Waals surface area contributed by atoms with Crippen LogP contribution in [0, 0.1) is 0 Å². The van der Waals surface area contributed by atoms with Crippen molar-refractivity contribution in [3.8, 4) is 11.5 Å². The smallest absolute Gasteiger partial charge is 0.139 e. The quantitative estimate of drug-likeness (QED) is 0.865. The highest BCUT2D eigenvalue weighted by molar-refractivity contribution is 5.67. The number of nitrogens with zero attached hydrogens (tertiary/aromatic N) is 2. The highest BCUT2D eigenvalue weighted by atomic mass is 16.3. The highest BCUT2D eigenvalue weighted by Gasteiger charge is 2.18. The second kappa shape index (κ2) is 4.57. The van der Waals surface area contributed by atoms with Crippen molar-refractivity contribution in [2.45, 2.75) is 0 Å². The Morgan fingerprint density at radius 1 is 0.684 bits per heavy atom. The molecule has 2 aromatic carbocycles. The Morgan fingerprint density at radius 2 is 1.11 bits per heavy atom. The minimum Gasteiger partial charge on any atom is -0.506 e. The first-order valence-corrected chi connectivity index (χ1v) is 6.03. The lowest BCUT2D eigenvalue weighted by atomic mass is 10.2. The molecule has 0 atom stereocenters. The molecule has 0 radical (unpaired) electrons. The van der Waals surface area contributed by atoms with Gasteiger partial charge in [0.25, 0.3) is 0 Å². The van der Waals surface area contributed by atoms with Crippen LogP contribution in [0.15, 0.2) is 60.9 Å². The van der Waals surface area contributed by atoms with Crippen LogP contribution in [0.25, 0.3) is 0 Å². The first-order valence-electron chi connectivity index (χ1n) is 6.03. The number of benzene rings is 2. The van der Waals surface area contributed by atoms with E-state index < -0.39 is 0 Å². The fourth-order valence-corrected chi connectivity index (χ4v) is 2.15. The van der Waals surface area contributed by atoms with E-state index in [1.807, 2.05) is 46.5 Å². The number of para-hydroxylation sites is 4. The van der Waals surface area contributed by atoms with Crippen molar-refractivity contribution in [3.63, 3.8) is 0 Å². The zero-order valence-corrected chi connectivity index (χ0v) is 10.3. The summed E-state index contributed by atoms with van der Waals surface area (Å²) >= 11 is 0. The van der Waals surface area contributed by atoms with E-state index in [0.717, 1.165) is 11.4 Å². The highest BCUT2D eigenvalue weighted by Crippen LogP contribution is 2.33. The first-order chi connectivity index (χ1) is 9.25. The van der Waals surface area contributed by atoms with Gasteiger partial charge in [0.05, 0.1) is 18.0 Å². The van der Waals surface area contributed by atoms with Crippen molar-refractivity contribution in [3.05, 3.63) is 60.9 Å². The van der Waals surface area contributed by atoms with E-state index in [1.165, 1.54) is 0 Å². The molecule has 0 aliphatic carbocycles. The number of aromatic hydroxyl groups is 2. The molecule has 2 aromatic rings. The van der Waals surface area contributed by atoms with Gasteiger partial charge in [-0.25, -0.2) is 0 Å². The van der Waals surface area contributed by atoms with Crippen molar-refractivity contribution >= 4 is 11.4 Å². The van der Waals surface area contributed by atoms with E-state index in [9.17, 15) is 10.2 Å². The number of hydrogen-bond donors (Lipinski definition) is 2. The number of phenolic OH excluding ortho intramolecular Hbond substituents is 2. The summed E-state index contributed by atoms with van der Waals surface area (Å²) in [5, 5.41) is 19.7. The molecular formula is C15H14N2O2. The summed E-state index contributed by atoms with van der Waals surface area (Å²) < 4.78 is 0. The Balaban J connectivity index is 1.84. The van der Waals surface area contributed by atoms with Gasteiger partial charge >= 0.3 is 0 Å². The minimum atomic E-state index is 0.242. The van der Waals surface area contributed by atoms with Crippen LogP contribution >= 0.6 is 0 Å². The van der Waals surface area contributed by atoms with Crippen LogP contribution in [0.1, 0.15) is 0 Å². The average molecular weight is 254 g/mol. The normalized spacial score (nSPS) is 14.1. The lowest BCUT2D eigenvalue weighted by molar-refractivity contribution is 0.474. The van der Waals surface area contributed by atoms with Crippen molar-refractivity contribution in [2.75, 3.05) is 16.5 Å². The largest absolute Gasteiger partial charge is 0.506 e. The molecule has 0 saturated carbocycles. The van der Waals surface area contributed by atoms with E-state index in [0.29, 0.717) is 6.67 Å². The van der Waals surface area contributed by atoms with E-state index in [4.69, 9.17) is 0 Å². The number of hydrogen-bond acceptors (Lipinski definition) is 4. The Kier molecular flexibility index (Phi) is 2.76. The molecule has 0 spiro atoms. The molecule has 0 amide bonds. The summed E-state index contributed by atoms with van der Waals surface area (Å²) in [6, 6.07) is 14.4. The number of phenols is 2. The summed E-state index contributed by atoms with van der Waals surface area (Å²) in [5.74, 6) is 0.484. The SMILES string of the molecule is Oc1ccccc1N1C=CN(c2ccccc2O)C1. The Labute approximate surface area is 111 Å². The maximum Gasteiger partial charge on any atom is 0.139 e. The van der Waals surface area contributed by atoms with Crippen LogP contribution in [-0.2, 0) is 0 Å². The predicted molar refractivity (Wildman–Crippen MR) is 75.2 cm³/mol. The Morgan fingerprint density at radius 3 is 1.53 bits per heavy atom. The molecular weight excluding hydrogens is 240 g/mol. The maximum absolute atomic E-state index is 9.84. The van der Waals surface area contributed by atoms with Gasteiger partial charge in [-0.15, -0.1) is 0 Å². The van der Waals surface area contributed by atoms with Crippen LogP contribution < -0.4 is 9.80 Å². The Bertz CT molecular complexity index is 572. The zero-order chi connectivity index (χ0) is 13.2. The maximum atomic E-state index is 9.84. The van der Waals surface area contributed by atoms with Crippen molar-refractivity contribution in [1.29, 1.82) is 0 Å². The molecule has 0 bridgehead atoms. The lowest BCUT2D eigenvalue weighted by Gasteiger charge is -2.22. The fraction of sp³-hybridized carbons (Fsp3) is 0.0667. The summed E-state index contributed by atoms with van der Waals surface area (Å²) in [4.78, 5) is 3.84. The Hall–Kier alpha value is -2.62. The average Bonchev–Trinajstić information content (AvgIpc) is 2.89. The van der Waals surface area contributed by atoms with Gasteiger partial charge in [-0.1, -0.05) is 24.3 Å². The molecule has 4 nitrogen and oxygen atoms in total. The van der Waals surface area contributed by atoms with Crippen LogP contribution in [0.4, 0.5) is 11.4 Å². The van der Waals surface area contributed by atoms with Gasteiger partial charge in [0.1, 0.15) is 11.5 Å². The van der Waals surface area contributed by atoms with Gasteiger partial charge in [-0.2, -0.15) is 0 Å².